The zero-order valence-corrected chi connectivity index (χ0v) is 14.0. The number of aromatic nitrogens is 1. The Morgan fingerprint density at radius 2 is 2.27 bits per heavy atom. The normalized spacial score (nSPS) is 19.4. The second-order valence-corrected chi connectivity index (χ2v) is 6.87. The van der Waals surface area contributed by atoms with Gasteiger partial charge in [0.25, 0.3) is 0 Å². The number of likely N-dealkylation sites (tertiary alicyclic amines) is 1. The molecule has 0 spiro atoms. The lowest BCUT2D eigenvalue weighted by Gasteiger charge is -2.22. The first-order valence-electron chi connectivity index (χ1n) is 7.99. The SMILES string of the molecule is CCC(C)(C)C(=O)Nc1cc(CN2CCC(O)C2)c(C)cn1. The summed E-state index contributed by atoms with van der Waals surface area (Å²) < 4.78 is 0. The monoisotopic (exact) mass is 305 g/mol. The van der Waals surface area contributed by atoms with Crippen molar-refractivity contribution in [3.8, 4) is 0 Å². The fraction of sp³-hybridized carbons (Fsp3) is 0.647. The van der Waals surface area contributed by atoms with Gasteiger partial charge >= 0.3 is 0 Å². The Balaban J connectivity index is 2.08. The number of aliphatic hydroxyl groups excluding tert-OH is 1. The number of carbonyl (C=O) groups excluding carboxylic acids is 1. The third-order valence-corrected chi connectivity index (χ3v) is 4.60. The van der Waals surface area contributed by atoms with Crippen LogP contribution in [0.2, 0.25) is 0 Å². The van der Waals surface area contributed by atoms with Crippen LogP contribution >= 0.6 is 0 Å². The molecule has 0 bridgehead atoms. The van der Waals surface area contributed by atoms with Gasteiger partial charge in [-0.05, 0) is 37.0 Å². The fourth-order valence-electron chi connectivity index (χ4n) is 2.45. The number of anilines is 1. The van der Waals surface area contributed by atoms with Crippen LogP contribution in [0.15, 0.2) is 12.3 Å². The van der Waals surface area contributed by atoms with Gasteiger partial charge in [-0.25, -0.2) is 4.98 Å². The highest BCUT2D eigenvalue weighted by atomic mass is 16.3. The molecule has 1 fully saturated rings. The van der Waals surface area contributed by atoms with Crippen LogP contribution in [0, 0.1) is 12.3 Å². The molecule has 0 aliphatic carbocycles. The van der Waals surface area contributed by atoms with Crippen LogP contribution in [0.3, 0.4) is 0 Å². The number of pyridine rings is 1. The highest BCUT2D eigenvalue weighted by Crippen LogP contribution is 2.23. The van der Waals surface area contributed by atoms with Crippen molar-refractivity contribution in [3.05, 3.63) is 23.4 Å². The summed E-state index contributed by atoms with van der Waals surface area (Å²) in [6, 6.07) is 1.95. The first-order valence-corrected chi connectivity index (χ1v) is 7.99. The van der Waals surface area contributed by atoms with Crippen LogP contribution in [0.5, 0.6) is 0 Å². The lowest BCUT2D eigenvalue weighted by molar-refractivity contribution is -0.124. The number of hydrogen-bond donors (Lipinski definition) is 2. The Labute approximate surface area is 132 Å². The smallest absolute Gasteiger partial charge is 0.231 e. The van der Waals surface area contributed by atoms with Gasteiger partial charge in [0.2, 0.25) is 5.91 Å². The Bertz CT molecular complexity index is 543. The summed E-state index contributed by atoms with van der Waals surface area (Å²) in [5, 5.41) is 12.5. The van der Waals surface area contributed by atoms with E-state index in [2.05, 4.69) is 15.2 Å². The maximum Gasteiger partial charge on any atom is 0.231 e. The molecule has 2 rings (SSSR count). The molecule has 1 aliphatic heterocycles. The molecule has 1 unspecified atom stereocenters. The molecule has 22 heavy (non-hydrogen) atoms. The Kier molecular flexibility index (Phi) is 5.19. The van der Waals surface area contributed by atoms with E-state index in [-0.39, 0.29) is 12.0 Å². The quantitative estimate of drug-likeness (QED) is 0.876. The van der Waals surface area contributed by atoms with E-state index in [0.717, 1.165) is 37.1 Å². The van der Waals surface area contributed by atoms with Crippen molar-refractivity contribution in [1.82, 2.24) is 9.88 Å². The van der Waals surface area contributed by atoms with Crippen LogP contribution in [0.25, 0.3) is 0 Å². The Morgan fingerprint density at radius 3 is 2.86 bits per heavy atom. The van der Waals surface area contributed by atoms with Crippen molar-refractivity contribution in [2.24, 2.45) is 5.41 Å². The number of aryl methyl sites for hydroxylation is 1. The molecular weight excluding hydrogens is 278 g/mol. The summed E-state index contributed by atoms with van der Waals surface area (Å²) in [6.07, 6.45) is 3.20. The lowest BCUT2D eigenvalue weighted by Crippen LogP contribution is -2.30. The molecule has 2 heterocycles. The fourth-order valence-corrected chi connectivity index (χ4v) is 2.45. The summed E-state index contributed by atoms with van der Waals surface area (Å²) in [5.41, 5.74) is 1.86. The van der Waals surface area contributed by atoms with Crippen molar-refractivity contribution in [3.63, 3.8) is 0 Å². The van der Waals surface area contributed by atoms with Gasteiger partial charge in [-0.3, -0.25) is 9.69 Å². The Morgan fingerprint density at radius 1 is 1.55 bits per heavy atom. The number of aliphatic hydroxyl groups is 1. The van der Waals surface area contributed by atoms with Crippen LogP contribution in [-0.4, -0.2) is 40.1 Å². The van der Waals surface area contributed by atoms with Gasteiger partial charge in [-0.15, -0.1) is 0 Å². The van der Waals surface area contributed by atoms with E-state index in [1.165, 1.54) is 0 Å². The average molecular weight is 305 g/mol. The van der Waals surface area contributed by atoms with Gasteiger partial charge < -0.3 is 10.4 Å². The number of nitrogens with zero attached hydrogens (tertiary/aromatic N) is 2. The van der Waals surface area contributed by atoms with Crippen LogP contribution in [-0.2, 0) is 11.3 Å². The van der Waals surface area contributed by atoms with E-state index in [1.807, 2.05) is 33.8 Å². The number of amides is 1. The zero-order valence-electron chi connectivity index (χ0n) is 14.0. The van der Waals surface area contributed by atoms with E-state index in [9.17, 15) is 9.90 Å². The summed E-state index contributed by atoms with van der Waals surface area (Å²) in [7, 11) is 0. The van der Waals surface area contributed by atoms with E-state index in [1.54, 1.807) is 6.20 Å². The van der Waals surface area contributed by atoms with Gasteiger partial charge in [0, 0.05) is 31.2 Å². The number of carbonyl (C=O) groups is 1. The van der Waals surface area contributed by atoms with E-state index < -0.39 is 5.41 Å². The highest BCUT2D eigenvalue weighted by Gasteiger charge is 2.26. The number of β-amino-alcohol motifs (C(OH)–C–C–N with tert-alkyl or cyclic N) is 1. The molecule has 1 aromatic heterocycles. The predicted molar refractivity (Wildman–Crippen MR) is 87.6 cm³/mol. The van der Waals surface area contributed by atoms with Crippen molar-refractivity contribution >= 4 is 11.7 Å². The van der Waals surface area contributed by atoms with Crippen molar-refractivity contribution in [2.75, 3.05) is 18.4 Å². The van der Waals surface area contributed by atoms with Crippen LogP contribution in [0.4, 0.5) is 5.82 Å². The molecule has 1 saturated heterocycles. The molecule has 122 valence electrons. The minimum Gasteiger partial charge on any atom is -0.392 e. The molecule has 0 saturated carbocycles. The van der Waals surface area contributed by atoms with E-state index in [4.69, 9.17) is 0 Å². The zero-order chi connectivity index (χ0) is 16.3. The van der Waals surface area contributed by atoms with Crippen molar-refractivity contribution in [1.29, 1.82) is 0 Å². The molecule has 1 aliphatic rings. The van der Waals surface area contributed by atoms with Crippen LogP contribution < -0.4 is 5.32 Å². The van der Waals surface area contributed by atoms with Gasteiger partial charge in [-0.1, -0.05) is 20.8 Å². The van der Waals surface area contributed by atoms with Crippen molar-refractivity contribution < 1.29 is 9.90 Å². The minimum absolute atomic E-state index is 0.00565. The van der Waals surface area contributed by atoms with E-state index >= 15 is 0 Å². The van der Waals surface area contributed by atoms with Gasteiger partial charge in [0.05, 0.1) is 6.10 Å². The van der Waals surface area contributed by atoms with E-state index in [0.29, 0.717) is 12.4 Å². The standard InChI is InChI=1S/C17H27N3O2/c1-5-17(3,4)16(22)19-15-8-13(12(2)9-18-15)10-20-7-6-14(21)11-20/h8-9,14,21H,5-7,10-11H2,1-4H3,(H,18,19,22). The van der Waals surface area contributed by atoms with Crippen LogP contribution in [0.1, 0.15) is 44.7 Å². The molecule has 5 heteroatoms. The predicted octanol–water partition coefficient (Wildman–Crippen LogP) is 2.33. The molecular formula is C17H27N3O2. The number of nitrogens with one attached hydrogen (secondary N) is 1. The summed E-state index contributed by atoms with van der Waals surface area (Å²) in [6.45, 7) is 10.3. The van der Waals surface area contributed by atoms with Crippen molar-refractivity contribution in [2.45, 2.75) is 53.2 Å². The molecule has 5 nitrogen and oxygen atoms in total. The molecule has 2 N–H and O–H groups in total. The second-order valence-electron chi connectivity index (χ2n) is 6.87. The molecule has 1 atom stereocenters. The molecule has 1 aromatic rings. The number of hydrogen-bond acceptors (Lipinski definition) is 4. The summed E-state index contributed by atoms with van der Waals surface area (Å²) in [4.78, 5) is 18.8. The summed E-state index contributed by atoms with van der Waals surface area (Å²) in [5.74, 6) is 0.598. The second kappa shape index (κ2) is 6.75. The lowest BCUT2D eigenvalue weighted by atomic mass is 9.89. The maximum absolute atomic E-state index is 12.3. The molecule has 0 radical (unpaired) electrons. The minimum atomic E-state index is -0.397. The first kappa shape index (κ1) is 16.9. The molecule has 1 amide bonds. The first-order chi connectivity index (χ1) is 10.3. The van der Waals surface area contributed by atoms with Gasteiger partial charge in [0.1, 0.15) is 5.82 Å². The third kappa shape index (κ3) is 4.05. The third-order valence-electron chi connectivity index (χ3n) is 4.60. The van der Waals surface area contributed by atoms with Gasteiger partial charge in [-0.2, -0.15) is 0 Å². The average Bonchev–Trinajstić information content (AvgIpc) is 2.87. The highest BCUT2D eigenvalue weighted by molar-refractivity contribution is 5.94. The topological polar surface area (TPSA) is 65.5 Å². The van der Waals surface area contributed by atoms with Gasteiger partial charge in [0.15, 0.2) is 0 Å². The number of rotatable bonds is 5. The largest absolute Gasteiger partial charge is 0.392 e. The Hall–Kier alpha value is -1.46. The summed E-state index contributed by atoms with van der Waals surface area (Å²) >= 11 is 0. The maximum atomic E-state index is 12.3. The molecule has 0 aromatic carbocycles.